The van der Waals surface area contributed by atoms with Crippen LogP contribution < -0.4 is 0 Å². The van der Waals surface area contributed by atoms with Crippen LogP contribution in [0.5, 0.6) is 0 Å². The molecule has 0 saturated carbocycles. The Kier molecular flexibility index (Phi) is 5.94. The Hall–Kier alpha value is -3.32. The maximum Gasteiger partial charge on any atom is 0.416 e. The Morgan fingerprint density at radius 2 is 1.56 bits per heavy atom. The molecule has 2 heterocycles. The maximum atomic E-state index is 13.6. The molecule has 2 nitrogen and oxygen atoms in total. The number of rotatable bonds is 4. The molecule has 0 spiro atoms. The number of nitriles is 1. The maximum absolute atomic E-state index is 13.6. The number of fused-ring (bicyclic) bond motifs is 1. The average molecular weight is 496 g/mol. The summed E-state index contributed by atoms with van der Waals surface area (Å²) in [5.41, 5.74) is -0.956. The average Bonchev–Trinajstić information content (AvgIpc) is 3.36. The molecule has 0 fully saturated rings. The van der Waals surface area contributed by atoms with E-state index in [1.165, 1.54) is 12.1 Å². The molecule has 176 valence electrons. The lowest BCUT2D eigenvalue weighted by atomic mass is 10.0. The molecule has 4 rings (SSSR count). The minimum absolute atomic E-state index is 0.102. The van der Waals surface area contributed by atoms with E-state index in [4.69, 9.17) is 0 Å². The number of aryl methyl sites for hydroxylation is 1. The SMILES string of the molecule is Cc1cc2c(CF)c(C#N)ccc2n1Cc1ccc(-c2cc(C(F)(F)F)cc(C(F)(F)F)c2)s1. The zero-order chi connectivity index (χ0) is 24.8. The third kappa shape index (κ3) is 4.40. The molecule has 0 amide bonds. The summed E-state index contributed by atoms with van der Waals surface area (Å²) in [7, 11) is 0. The smallest absolute Gasteiger partial charge is 0.340 e. The number of aromatic nitrogens is 1. The van der Waals surface area contributed by atoms with Crippen molar-refractivity contribution in [3.8, 4) is 16.5 Å². The molecular formula is C24H15F7N2S. The summed E-state index contributed by atoms with van der Waals surface area (Å²) < 4.78 is 94.7. The van der Waals surface area contributed by atoms with Gasteiger partial charge >= 0.3 is 12.4 Å². The molecule has 0 bridgehead atoms. The molecule has 2 aromatic carbocycles. The van der Waals surface area contributed by atoms with Crippen molar-refractivity contribution in [2.24, 2.45) is 0 Å². The summed E-state index contributed by atoms with van der Waals surface area (Å²) >= 11 is 1.08. The summed E-state index contributed by atoms with van der Waals surface area (Å²) in [5.74, 6) is 0. The summed E-state index contributed by atoms with van der Waals surface area (Å²) in [6.07, 6.45) is -9.85. The lowest BCUT2D eigenvalue weighted by molar-refractivity contribution is -0.143. The monoisotopic (exact) mass is 496 g/mol. The molecule has 0 saturated heterocycles. The van der Waals surface area contributed by atoms with Crippen LogP contribution in [0.4, 0.5) is 30.7 Å². The topological polar surface area (TPSA) is 28.7 Å². The van der Waals surface area contributed by atoms with Crippen LogP contribution in [0.3, 0.4) is 0 Å². The van der Waals surface area contributed by atoms with Crippen molar-refractivity contribution >= 4 is 22.2 Å². The fourth-order valence-electron chi connectivity index (χ4n) is 3.86. The fraction of sp³-hybridized carbons (Fsp3) is 0.208. The molecule has 34 heavy (non-hydrogen) atoms. The Morgan fingerprint density at radius 1 is 0.912 bits per heavy atom. The van der Waals surface area contributed by atoms with Crippen molar-refractivity contribution in [1.82, 2.24) is 4.57 Å². The largest absolute Gasteiger partial charge is 0.416 e. The Bertz CT molecular complexity index is 1390. The summed E-state index contributed by atoms with van der Waals surface area (Å²) in [4.78, 5) is 0.949. The van der Waals surface area contributed by atoms with Gasteiger partial charge in [0.05, 0.1) is 29.3 Å². The second-order valence-corrected chi connectivity index (χ2v) is 8.87. The van der Waals surface area contributed by atoms with Gasteiger partial charge in [-0.15, -0.1) is 11.3 Å². The molecule has 0 aliphatic heterocycles. The van der Waals surface area contributed by atoms with Crippen molar-refractivity contribution in [3.63, 3.8) is 0 Å². The summed E-state index contributed by atoms with van der Waals surface area (Å²) in [6, 6.07) is 11.6. The highest BCUT2D eigenvalue weighted by atomic mass is 32.1. The van der Waals surface area contributed by atoms with Crippen molar-refractivity contribution in [2.75, 3.05) is 0 Å². The van der Waals surface area contributed by atoms with E-state index in [-0.39, 0.29) is 34.2 Å². The van der Waals surface area contributed by atoms with Crippen LogP contribution in [0.15, 0.2) is 48.5 Å². The van der Waals surface area contributed by atoms with E-state index in [0.29, 0.717) is 27.9 Å². The molecule has 0 atom stereocenters. The third-order valence-electron chi connectivity index (χ3n) is 5.51. The van der Waals surface area contributed by atoms with Crippen molar-refractivity contribution in [2.45, 2.75) is 32.5 Å². The van der Waals surface area contributed by atoms with E-state index < -0.39 is 30.2 Å². The highest BCUT2D eigenvalue weighted by Crippen LogP contribution is 2.40. The number of benzene rings is 2. The Balaban J connectivity index is 1.74. The molecule has 10 heteroatoms. The zero-order valence-electron chi connectivity index (χ0n) is 17.5. The third-order valence-corrected chi connectivity index (χ3v) is 6.62. The van der Waals surface area contributed by atoms with E-state index in [9.17, 15) is 36.0 Å². The zero-order valence-corrected chi connectivity index (χ0v) is 18.3. The van der Waals surface area contributed by atoms with E-state index in [0.717, 1.165) is 17.0 Å². The number of nitrogens with zero attached hydrogens (tertiary/aromatic N) is 2. The predicted octanol–water partition coefficient (Wildman–Crippen LogP) is 8.11. The first-order valence-corrected chi connectivity index (χ1v) is 10.7. The van der Waals surface area contributed by atoms with Gasteiger partial charge in [0, 0.05) is 31.9 Å². The lowest BCUT2D eigenvalue weighted by Gasteiger charge is -2.13. The van der Waals surface area contributed by atoms with E-state index in [1.54, 1.807) is 25.1 Å². The molecule has 0 unspecified atom stereocenters. The first kappa shape index (κ1) is 23.8. The van der Waals surface area contributed by atoms with E-state index in [2.05, 4.69) is 0 Å². The van der Waals surface area contributed by atoms with Gasteiger partial charge < -0.3 is 4.57 Å². The number of halogens is 7. The van der Waals surface area contributed by atoms with Crippen LogP contribution in [0.1, 0.15) is 32.8 Å². The minimum atomic E-state index is -4.92. The summed E-state index contributed by atoms with van der Waals surface area (Å²) in [6.45, 7) is 1.26. The molecular weight excluding hydrogens is 481 g/mol. The first-order valence-electron chi connectivity index (χ1n) is 9.88. The van der Waals surface area contributed by atoms with Crippen LogP contribution in [0, 0.1) is 18.3 Å². The standard InChI is InChI=1S/C24H15F7N2S/c1-13-6-19-20(10-25)14(11-32)2-4-21(19)33(13)12-18-3-5-22(34-18)15-7-16(23(26,27)28)9-17(8-15)24(29,30)31/h2-9H,10,12H2,1H3. The molecule has 0 radical (unpaired) electrons. The quantitative estimate of drug-likeness (QED) is 0.263. The van der Waals surface area contributed by atoms with Crippen LogP contribution in [-0.2, 0) is 25.6 Å². The normalized spacial score (nSPS) is 12.3. The van der Waals surface area contributed by atoms with Crippen LogP contribution in [0.2, 0.25) is 0 Å². The molecule has 0 aliphatic carbocycles. The number of thiophene rings is 1. The first-order chi connectivity index (χ1) is 15.9. The summed E-state index contributed by atoms with van der Waals surface area (Å²) in [5, 5.41) is 9.79. The molecule has 2 aromatic heterocycles. The fourth-order valence-corrected chi connectivity index (χ4v) is 4.84. The number of hydrogen-bond donors (Lipinski definition) is 0. The van der Waals surface area contributed by atoms with E-state index in [1.807, 2.05) is 10.6 Å². The highest BCUT2D eigenvalue weighted by molar-refractivity contribution is 7.15. The number of hydrogen-bond acceptors (Lipinski definition) is 2. The Morgan fingerprint density at radius 3 is 2.12 bits per heavy atom. The van der Waals surface area contributed by atoms with Crippen molar-refractivity contribution < 1.29 is 30.7 Å². The van der Waals surface area contributed by atoms with Crippen molar-refractivity contribution in [1.29, 1.82) is 5.26 Å². The molecule has 4 aromatic rings. The van der Waals surface area contributed by atoms with Gasteiger partial charge in [0.1, 0.15) is 6.67 Å². The second-order valence-electron chi connectivity index (χ2n) is 7.70. The van der Waals surface area contributed by atoms with Gasteiger partial charge in [-0.3, -0.25) is 0 Å². The van der Waals surface area contributed by atoms with Crippen LogP contribution >= 0.6 is 11.3 Å². The van der Waals surface area contributed by atoms with Gasteiger partial charge in [-0.05, 0) is 61.0 Å². The van der Waals surface area contributed by atoms with Gasteiger partial charge in [0.15, 0.2) is 0 Å². The second kappa shape index (κ2) is 8.47. The Labute approximate surface area is 193 Å². The van der Waals surface area contributed by atoms with Gasteiger partial charge in [0.2, 0.25) is 0 Å². The van der Waals surface area contributed by atoms with Crippen LogP contribution in [-0.4, -0.2) is 4.57 Å². The van der Waals surface area contributed by atoms with Gasteiger partial charge in [0.25, 0.3) is 0 Å². The van der Waals surface area contributed by atoms with Gasteiger partial charge in [-0.25, -0.2) is 4.39 Å². The molecule has 0 aliphatic rings. The minimum Gasteiger partial charge on any atom is -0.340 e. The molecule has 0 N–H and O–H groups in total. The van der Waals surface area contributed by atoms with E-state index >= 15 is 0 Å². The highest BCUT2D eigenvalue weighted by Gasteiger charge is 2.37. The van der Waals surface area contributed by atoms with Gasteiger partial charge in [-0.2, -0.15) is 31.6 Å². The lowest BCUT2D eigenvalue weighted by Crippen LogP contribution is -2.10. The number of alkyl halides is 7. The van der Waals surface area contributed by atoms with Crippen molar-refractivity contribution in [3.05, 3.63) is 81.4 Å². The van der Waals surface area contributed by atoms with Crippen LogP contribution in [0.25, 0.3) is 21.3 Å². The predicted molar refractivity (Wildman–Crippen MR) is 115 cm³/mol. The van der Waals surface area contributed by atoms with Gasteiger partial charge in [-0.1, -0.05) is 0 Å².